The molecule has 3 rings (SSSR count). The molecule has 188 valence electrons. The molecule has 0 radical (unpaired) electrons. The van der Waals surface area contributed by atoms with Crippen molar-refractivity contribution < 1.29 is 18.6 Å². The van der Waals surface area contributed by atoms with Crippen LogP contribution in [-0.2, 0) is 6.54 Å². The second-order valence-electron chi connectivity index (χ2n) is 9.45. The Morgan fingerprint density at radius 3 is 2.57 bits per heavy atom. The molecule has 0 aliphatic carbocycles. The van der Waals surface area contributed by atoms with E-state index >= 15 is 0 Å². The van der Waals surface area contributed by atoms with Gasteiger partial charge >= 0.3 is 0 Å². The molecule has 0 bridgehead atoms. The van der Waals surface area contributed by atoms with Gasteiger partial charge in [0, 0.05) is 48.7 Å². The molecule has 0 aliphatic heterocycles. The van der Waals surface area contributed by atoms with Gasteiger partial charge in [-0.2, -0.15) is 4.39 Å². The summed E-state index contributed by atoms with van der Waals surface area (Å²) in [4.78, 5) is 8.48. The lowest BCUT2D eigenvalue weighted by atomic mass is 9.85. The van der Waals surface area contributed by atoms with Crippen LogP contribution in [0.5, 0.6) is 5.75 Å². The van der Waals surface area contributed by atoms with E-state index in [1.165, 1.54) is 6.07 Å². The van der Waals surface area contributed by atoms with Gasteiger partial charge < -0.3 is 25.7 Å². The third-order valence-corrected chi connectivity index (χ3v) is 5.99. The van der Waals surface area contributed by atoms with Crippen molar-refractivity contribution in [2.24, 2.45) is 21.9 Å². The number of aromatic nitrogens is 2. The number of nitrogens with two attached hydrogens (primary N) is 2. The summed E-state index contributed by atoms with van der Waals surface area (Å²) >= 11 is 0. The summed E-state index contributed by atoms with van der Waals surface area (Å²) in [5.41, 5.74) is 15.6. The van der Waals surface area contributed by atoms with E-state index in [1.54, 1.807) is 42.9 Å². The van der Waals surface area contributed by atoms with Crippen LogP contribution in [0.1, 0.15) is 39.8 Å². The molecule has 2 heterocycles. The molecule has 5 N–H and O–H groups in total. The molecule has 0 spiro atoms. The maximum Gasteiger partial charge on any atom is 0.201 e. The number of fused-ring (bicyclic) bond motifs is 1. The van der Waals surface area contributed by atoms with E-state index in [4.69, 9.17) is 16.2 Å². The maximum absolute atomic E-state index is 14.9. The number of aliphatic imine (C=N–C) groups is 1. The lowest BCUT2D eigenvalue weighted by Gasteiger charge is -2.28. The Hall–Kier alpha value is -3.30. The number of hydrogen-bond donors (Lipinski definition) is 3. The van der Waals surface area contributed by atoms with Crippen LogP contribution >= 0.6 is 0 Å². The Labute approximate surface area is 204 Å². The predicted molar refractivity (Wildman–Crippen MR) is 134 cm³/mol. The highest BCUT2D eigenvalue weighted by Gasteiger charge is 2.27. The molecule has 2 aromatic heterocycles. The summed E-state index contributed by atoms with van der Waals surface area (Å²) in [6, 6.07) is 6.08. The van der Waals surface area contributed by atoms with E-state index in [0.29, 0.717) is 28.1 Å². The molecular formula is C26H33F2N5O2. The third-order valence-electron chi connectivity index (χ3n) is 5.99. The molecule has 1 unspecified atom stereocenters. The normalized spacial score (nSPS) is 14.3. The van der Waals surface area contributed by atoms with Crippen LogP contribution < -0.4 is 16.2 Å². The van der Waals surface area contributed by atoms with Crippen LogP contribution in [0.25, 0.3) is 16.8 Å². The van der Waals surface area contributed by atoms with Gasteiger partial charge in [0.25, 0.3) is 0 Å². The molecule has 0 amide bonds. The average molecular weight is 486 g/mol. The highest BCUT2D eigenvalue weighted by Crippen LogP contribution is 2.35. The number of nitrogens with zero attached hydrogens (tertiary/aromatic N) is 3. The second-order valence-corrected chi connectivity index (χ2v) is 9.45. The van der Waals surface area contributed by atoms with E-state index < -0.39 is 23.2 Å². The van der Waals surface area contributed by atoms with Crippen molar-refractivity contribution in [3.05, 3.63) is 65.3 Å². The fraction of sp³-hybridized carbons (Fsp3) is 0.385. The van der Waals surface area contributed by atoms with Gasteiger partial charge in [-0.25, -0.2) is 9.37 Å². The molecule has 9 heteroatoms. The molecule has 7 nitrogen and oxygen atoms in total. The van der Waals surface area contributed by atoms with Crippen LogP contribution in [0.2, 0.25) is 0 Å². The van der Waals surface area contributed by atoms with Gasteiger partial charge in [-0.15, -0.1) is 0 Å². The summed E-state index contributed by atoms with van der Waals surface area (Å²) in [6.07, 6.45) is 2.77. The van der Waals surface area contributed by atoms with Crippen LogP contribution in [0.3, 0.4) is 0 Å². The van der Waals surface area contributed by atoms with Gasteiger partial charge in [-0.3, -0.25) is 4.99 Å². The number of imidazole rings is 1. The summed E-state index contributed by atoms with van der Waals surface area (Å²) in [5.74, 6) is -2.31. The smallest absolute Gasteiger partial charge is 0.201 e. The van der Waals surface area contributed by atoms with Crippen molar-refractivity contribution in [3.63, 3.8) is 0 Å². The van der Waals surface area contributed by atoms with Crippen molar-refractivity contribution >= 4 is 11.4 Å². The number of ether oxygens (including phenoxy) is 1. The van der Waals surface area contributed by atoms with Gasteiger partial charge in [0.2, 0.25) is 5.82 Å². The van der Waals surface area contributed by atoms with Crippen LogP contribution in [-0.4, -0.2) is 40.0 Å². The van der Waals surface area contributed by atoms with E-state index in [-0.39, 0.29) is 31.0 Å². The molecule has 0 saturated carbocycles. The number of pyridine rings is 1. The maximum atomic E-state index is 14.9. The molecular weight excluding hydrogens is 452 g/mol. The van der Waals surface area contributed by atoms with E-state index in [1.807, 2.05) is 20.8 Å². The minimum atomic E-state index is -1.08. The van der Waals surface area contributed by atoms with E-state index in [0.717, 1.165) is 11.8 Å². The van der Waals surface area contributed by atoms with Crippen LogP contribution in [0.15, 0.2) is 52.9 Å². The first-order valence-corrected chi connectivity index (χ1v) is 11.4. The lowest BCUT2D eigenvalue weighted by molar-refractivity contribution is 0.0926. The summed E-state index contributed by atoms with van der Waals surface area (Å²) in [5, 5.41) is 10.7. The number of rotatable bonds is 8. The average Bonchev–Trinajstić information content (AvgIpc) is 3.24. The second kappa shape index (κ2) is 10.5. The summed E-state index contributed by atoms with van der Waals surface area (Å²) in [7, 11) is 1.62. The number of halogens is 2. The van der Waals surface area contributed by atoms with Gasteiger partial charge in [-0.05, 0) is 42.2 Å². The topological polar surface area (TPSA) is 111 Å². The minimum absolute atomic E-state index is 0.00546. The zero-order valence-electron chi connectivity index (χ0n) is 20.8. The Morgan fingerprint density at radius 2 is 1.94 bits per heavy atom. The first-order chi connectivity index (χ1) is 16.5. The van der Waals surface area contributed by atoms with Crippen molar-refractivity contribution in [2.75, 3.05) is 13.7 Å². The van der Waals surface area contributed by atoms with Crippen LogP contribution in [0.4, 0.5) is 8.78 Å². The van der Waals surface area contributed by atoms with Crippen molar-refractivity contribution in [1.29, 1.82) is 0 Å². The monoisotopic (exact) mass is 485 g/mol. The Balaban J connectivity index is 1.96. The first kappa shape index (κ1) is 26.3. The summed E-state index contributed by atoms with van der Waals surface area (Å²) in [6.45, 7) is 7.67. The molecule has 1 atom stereocenters. The zero-order chi connectivity index (χ0) is 25.9. The summed E-state index contributed by atoms with van der Waals surface area (Å²) < 4.78 is 36.7. The predicted octanol–water partition coefficient (Wildman–Crippen LogP) is 4.22. The molecule has 0 saturated heterocycles. The molecule has 0 fully saturated rings. The standard InChI is InChI=1S/C26H33F2N5O2/c1-15(31-5)18(23(30)25(34)26(2,3)4)10-11-35-24-19(7-8-20(27)22(24)28)16-6-9-21-32-13-17(12-29)33(21)14-16/h6-9,13-14,25,34H,10-12,29-30H2,1-5H3/b23-18-,31-15?. The Bertz CT molecular complexity index is 1270. The Morgan fingerprint density at radius 1 is 1.23 bits per heavy atom. The zero-order valence-corrected chi connectivity index (χ0v) is 20.8. The molecule has 3 aromatic rings. The molecule has 1 aromatic carbocycles. The SMILES string of the molecule is CN=C(C)/C(CCOc1c(-c2ccc3ncc(CN)n3c2)ccc(F)c1F)=C(\N)C(O)C(C)(C)C. The lowest BCUT2D eigenvalue weighted by Crippen LogP contribution is -2.34. The largest absolute Gasteiger partial charge is 0.489 e. The fourth-order valence-corrected chi connectivity index (χ4v) is 3.80. The van der Waals surface area contributed by atoms with Crippen molar-refractivity contribution in [1.82, 2.24) is 9.38 Å². The third kappa shape index (κ3) is 5.52. The molecule has 35 heavy (non-hydrogen) atoms. The number of hydrogen-bond acceptors (Lipinski definition) is 6. The first-order valence-electron chi connectivity index (χ1n) is 11.4. The minimum Gasteiger partial charge on any atom is -0.489 e. The van der Waals surface area contributed by atoms with Gasteiger partial charge in [-0.1, -0.05) is 20.8 Å². The van der Waals surface area contributed by atoms with Crippen molar-refractivity contribution in [3.8, 4) is 16.9 Å². The number of aliphatic hydroxyl groups is 1. The number of benzene rings is 1. The van der Waals surface area contributed by atoms with E-state index in [2.05, 4.69) is 9.98 Å². The highest BCUT2D eigenvalue weighted by molar-refractivity contribution is 5.98. The van der Waals surface area contributed by atoms with Crippen LogP contribution in [0, 0.1) is 17.0 Å². The fourth-order valence-electron chi connectivity index (χ4n) is 3.80. The Kier molecular flexibility index (Phi) is 7.92. The quantitative estimate of drug-likeness (QED) is 0.414. The van der Waals surface area contributed by atoms with E-state index in [9.17, 15) is 13.9 Å². The highest BCUT2D eigenvalue weighted by atomic mass is 19.2. The van der Waals surface area contributed by atoms with Crippen molar-refractivity contribution in [2.45, 2.75) is 46.8 Å². The van der Waals surface area contributed by atoms with Gasteiger partial charge in [0.05, 0.1) is 24.6 Å². The van der Waals surface area contributed by atoms with Gasteiger partial charge in [0.15, 0.2) is 11.6 Å². The molecule has 0 aliphatic rings. The number of aliphatic hydroxyl groups excluding tert-OH is 1. The van der Waals surface area contributed by atoms with Gasteiger partial charge in [0.1, 0.15) is 5.65 Å².